The number of thiol groups is 1. The second-order valence-electron chi connectivity index (χ2n) is 2.34. The molecule has 0 aliphatic rings. The molecule has 0 aromatic rings. The third kappa shape index (κ3) is 3.77. The Hall–Kier alpha value is -0.180. The number of unbranched alkanes of at least 4 members (excludes halogenated alkanes) is 1. The van der Waals surface area contributed by atoms with Crippen LogP contribution in [0.3, 0.4) is 0 Å². The molecule has 0 unspecified atom stereocenters. The smallest absolute Gasteiger partial charge is 0.222 e. The highest BCUT2D eigenvalue weighted by Crippen LogP contribution is 1.98. The van der Waals surface area contributed by atoms with Crippen molar-refractivity contribution in [2.24, 2.45) is 0 Å². The lowest BCUT2D eigenvalue weighted by molar-refractivity contribution is -0.129. The maximum Gasteiger partial charge on any atom is 0.222 e. The van der Waals surface area contributed by atoms with Crippen molar-refractivity contribution in [3.63, 3.8) is 0 Å². The van der Waals surface area contributed by atoms with Crippen LogP contribution in [0.4, 0.5) is 0 Å². The van der Waals surface area contributed by atoms with Crippen molar-refractivity contribution < 1.29 is 4.79 Å². The number of carbonyl (C=O) groups is 1. The molecule has 10 heavy (non-hydrogen) atoms. The first-order valence-corrected chi connectivity index (χ1v) is 4.20. The first-order chi connectivity index (χ1) is 4.72. The van der Waals surface area contributed by atoms with Gasteiger partial charge in [0.1, 0.15) is 0 Å². The van der Waals surface area contributed by atoms with Gasteiger partial charge in [-0.3, -0.25) is 4.79 Å². The zero-order valence-electron chi connectivity index (χ0n) is 6.63. The lowest BCUT2D eigenvalue weighted by Crippen LogP contribution is -2.24. The minimum Gasteiger partial charge on any atom is -0.337 e. The van der Waals surface area contributed by atoms with Crippen LogP contribution in [-0.2, 0) is 4.79 Å². The number of carbonyl (C=O) groups excluding carboxylic acids is 1. The predicted molar refractivity (Wildman–Crippen MR) is 46.1 cm³/mol. The van der Waals surface area contributed by atoms with Crippen LogP contribution < -0.4 is 0 Å². The molecule has 0 aromatic heterocycles. The van der Waals surface area contributed by atoms with Crippen molar-refractivity contribution in [3.05, 3.63) is 0 Å². The number of amides is 1. The summed E-state index contributed by atoms with van der Waals surface area (Å²) in [4.78, 5) is 12.6. The van der Waals surface area contributed by atoms with Crippen LogP contribution in [0.2, 0.25) is 0 Å². The van der Waals surface area contributed by atoms with Gasteiger partial charge in [0.05, 0.1) is 5.88 Å². The maximum atomic E-state index is 11.0. The number of nitrogens with zero attached hydrogens (tertiary/aromatic N) is 1. The molecule has 0 aromatic carbocycles. The highest BCUT2D eigenvalue weighted by Gasteiger charge is 2.03. The van der Waals surface area contributed by atoms with Crippen LogP contribution in [0.15, 0.2) is 0 Å². The van der Waals surface area contributed by atoms with Crippen LogP contribution in [0.1, 0.15) is 26.2 Å². The van der Waals surface area contributed by atoms with Crippen LogP contribution in [0, 0.1) is 0 Å². The molecule has 1 amide bonds. The molecule has 60 valence electrons. The summed E-state index contributed by atoms with van der Waals surface area (Å²) in [6.45, 7) is 2.08. The Morgan fingerprint density at radius 2 is 2.20 bits per heavy atom. The summed E-state index contributed by atoms with van der Waals surface area (Å²) in [5, 5.41) is 0. The molecular weight excluding hydrogens is 146 g/mol. The number of rotatable bonds is 4. The minimum atomic E-state index is 0.192. The average Bonchev–Trinajstić information content (AvgIpc) is 1.98. The topological polar surface area (TPSA) is 20.3 Å². The SMILES string of the molecule is CCCCC(=O)N(C)CS. The van der Waals surface area contributed by atoms with Gasteiger partial charge in [0.15, 0.2) is 0 Å². The highest BCUT2D eigenvalue weighted by molar-refractivity contribution is 7.80. The van der Waals surface area contributed by atoms with Crippen molar-refractivity contribution in [1.82, 2.24) is 4.90 Å². The number of hydrogen-bond acceptors (Lipinski definition) is 2. The molecule has 0 saturated carbocycles. The van der Waals surface area contributed by atoms with E-state index in [9.17, 15) is 4.79 Å². The van der Waals surface area contributed by atoms with Crippen molar-refractivity contribution in [2.75, 3.05) is 12.9 Å². The van der Waals surface area contributed by atoms with E-state index < -0.39 is 0 Å². The van der Waals surface area contributed by atoms with E-state index in [0.29, 0.717) is 12.3 Å². The molecule has 0 radical (unpaired) electrons. The van der Waals surface area contributed by atoms with E-state index in [-0.39, 0.29) is 5.91 Å². The average molecular weight is 161 g/mol. The van der Waals surface area contributed by atoms with Gasteiger partial charge in [-0.2, -0.15) is 12.6 Å². The zero-order valence-corrected chi connectivity index (χ0v) is 7.53. The molecule has 0 fully saturated rings. The molecule has 0 aliphatic carbocycles. The van der Waals surface area contributed by atoms with E-state index >= 15 is 0 Å². The Balaban J connectivity index is 3.42. The molecule has 3 heteroatoms. The molecule has 0 atom stereocenters. The summed E-state index contributed by atoms with van der Waals surface area (Å²) in [7, 11) is 1.77. The lowest BCUT2D eigenvalue weighted by atomic mass is 10.2. The second-order valence-corrected chi connectivity index (χ2v) is 2.62. The third-order valence-corrected chi connectivity index (χ3v) is 1.81. The maximum absolute atomic E-state index is 11.0. The molecule has 2 nitrogen and oxygen atoms in total. The van der Waals surface area contributed by atoms with E-state index in [4.69, 9.17) is 0 Å². The summed E-state index contributed by atoms with van der Waals surface area (Å²) in [6.07, 6.45) is 2.72. The zero-order chi connectivity index (χ0) is 7.98. The third-order valence-electron chi connectivity index (χ3n) is 1.38. The van der Waals surface area contributed by atoms with Crippen molar-refractivity contribution >= 4 is 18.5 Å². The van der Waals surface area contributed by atoms with Gasteiger partial charge < -0.3 is 4.90 Å². The second kappa shape index (κ2) is 5.59. The molecule has 0 bridgehead atoms. The molecule has 0 spiro atoms. The molecule has 0 heterocycles. The predicted octanol–water partition coefficient (Wildman–Crippen LogP) is 1.52. The summed E-state index contributed by atoms with van der Waals surface area (Å²) in [5.41, 5.74) is 0. The quantitative estimate of drug-likeness (QED) is 0.489. The Morgan fingerprint density at radius 3 is 2.60 bits per heavy atom. The first-order valence-electron chi connectivity index (χ1n) is 3.57. The van der Waals surface area contributed by atoms with Gasteiger partial charge in [0.2, 0.25) is 5.91 Å². The van der Waals surface area contributed by atoms with E-state index in [1.807, 2.05) is 0 Å². The Labute approximate surface area is 68.0 Å². The van der Waals surface area contributed by atoms with Crippen LogP contribution in [-0.4, -0.2) is 23.7 Å². The monoisotopic (exact) mass is 161 g/mol. The van der Waals surface area contributed by atoms with Crippen molar-refractivity contribution in [2.45, 2.75) is 26.2 Å². The Bertz CT molecular complexity index is 106. The first kappa shape index (κ1) is 9.82. The highest BCUT2D eigenvalue weighted by atomic mass is 32.1. The van der Waals surface area contributed by atoms with Gasteiger partial charge in [-0.1, -0.05) is 13.3 Å². The van der Waals surface area contributed by atoms with E-state index in [2.05, 4.69) is 19.6 Å². The summed E-state index contributed by atoms with van der Waals surface area (Å²) in [5.74, 6) is 0.708. The van der Waals surface area contributed by atoms with Gasteiger partial charge in [-0.15, -0.1) is 0 Å². The fourth-order valence-corrected chi connectivity index (χ4v) is 0.755. The van der Waals surface area contributed by atoms with Gasteiger partial charge in [-0.05, 0) is 6.42 Å². The van der Waals surface area contributed by atoms with Crippen LogP contribution in [0.25, 0.3) is 0 Å². The fraction of sp³-hybridized carbons (Fsp3) is 0.857. The van der Waals surface area contributed by atoms with Gasteiger partial charge in [0, 0.05) is 13.5 Å². The molecular formula is C7H15NOS. The number of hydrogen-bond donors (Lipinski definition) is 1. The van der Waals surface area contributed by atoms with Gasteiger partial charge in [0.25, 0.3) is 0 Å². The van der Waals surface area contributed by atoms with Crippen LogP contribution >= 0.6 is 12.6 Å². The summed E-state index contributed by atoms with van der Waals surface area (Å²) in [6, 6.07) is 0. The Morgan fingerprint density at radius 1 is 1.60 bits per heavy atom. The Kier molecular flexibility index (Phi) is 5.49. The normalized spacial score (nSPS) is 9.50. The lowest BCUT2D eigenvalue weighted by Gasteiger charge is -2.12. The molecule has 0 aliphatic heterocycles. The summed E-state index contributed by atoms with van der Waals surface area (Å²) < 4.78 is 0. The van der Waals surface area contributed by atoms with Crippen LogP contribution in [0.5, 0.6) is 0 Å². The fourth-order valence-electron chi connectivity index (χ4n) is 0.598. The molecule has 0 N–H and O–H groups in total. The van der Waals surface area contributed by atoms with Crippen molar-refractivity contribution in [1.29, 1.82) is 0 Å². The van der Waals surface area contributed by atoms with Gasteiger partial charge >= 0.3 is 0 Å². The standard InChI is InChI=1S/C7H15NOS/c1-3-4-5-7(9)8(2)6-10/h10H,3-6H2,1-2H3. The van der Waals surface area contributed by atoms with E-state index in [1.165, 1.54) is 0 Å². The molecule has 0 saturated heterocycles. The summed E-state index contributed by atoms with van der Waals surface area (Å²) >= 11 is 3.98. The largest absolute Gasteiger partial charge is 0.337 e. The van der Waals surface area contributed by atoms with E-state index in [0.717, 1.165) is 12.8 Å². The van der Waals surface area contributed by atoms with Crippen molar-refractivity contribution in [3.8, 4) is 0 Å². The van der Waals surface area contributed by atoms with Gasteiger partial charge in [-0.25, -0.2) is 0 Å². The molecule has 0 rings (SSSR count). The van der Waals surface area contributed by atoms with E-state index in [1.54, 1.807) is 11.9 Å². The minimum absolute atomic E-state index is 0.192.